The Labute approximate surface area is 112 Å². The number of hydrogen-bond donors (Lipinski definition) is 0. The summed E-state index contributed by atoms with van der Waals surface area (Å²) in [5.41, 5.74) is 0. The molecule has 0 saturated heterocycles. The molecular weight excluding hydrogens is 302 g/mol. The predicted molar refractivity (Wildman–Crippen MR) is 73.4 cm³/mol. The van der Waals surface area contributed by atoms with Crippen molar-refractivity contribution in [3.05, 3.63) is 28.7 Å². The van der Waals surface area contributed by atoms with E-state index in [-0.39, 0.29) is 12.1 Å². The summed E-state index contributed by atoms with van der Waals surface area (Å²) in [7, 11) is -3.42. The molecule has 96 valence electrons. The van der Waals surface area contributed by atoms with Gasteiger partial charge in [0.1, 0.15) is 0 Å². The molecule has 0 N–H and O–H groups in total. The van der Waals surface area contributed by atoms with Crippen molar-refractivity contribution in [2.75, 3.05) is 0 Å². The molecule has 0 unspecified atom stereocenters. The smallest absolute Gasteiger partial charge is 0.207 e. The number of nitrogens with zero attached hydrogens (tertiary/aromatic N) is 1. The molecule has 3 nitrogen and oxygen atoms in total. The molecule has 0 spiro atoms. The van der Waals surface area contributed by atoms with Crippen LogP contribution in [0, 0.1) is 0 Å². The maximum Gasteiger partial charge on any atom is 0.243 e. The Morgan fingerprint density at radius 1 is 1.12 bits per heavy atom. The van der Waals surface area contributed by atoms with E-state index in [0.717, 1.165) is 4.47 Å². The Hall–Kier alpha value is -0.390. The van der Waals surface area contributed by atoms with E-state index in [9.17, 15) is 8.42 Å². The summed E-state index contributed by atoms with van der Waals surface area (Å²) < 4.78 is 27.2. The van der Waals surface area contributed by atoms with Crippen molar-refractivity contribution in [2.45, 2.75) is 44.7 Å². The molecule has 17 heavy (non-hydrogen) atoms. The summed E-state index contributed by atoms with van der Waals surface area (Å²) in [4.78, 5) is 0.328. The molecule has 0 heterocycles. The molecule has 0 radical (unpaired) electrons. The Bertz CT molecular complexity index is 475. The molecule has 0 bridgehead atoms. The average Bonchev–Trinajstić information content (AvgIpc) is 2.15. The Morgan fingerprint density at radius 3 is 2.06 bits per heavy atom. The summed E-state index contributed by atoms with van der Waals surface area (Å²) in [6, 6.07) is 6.69. The Balaban J connectivity index is 3.26. The lowest BCUT2D eigenvalue weighted by Gasteiger charge is -2.29. The molecule has 0 aliphatic carbocycles. The second-order valence-corrected chi connectivity index (χ2v) is 7.24. The predicted octanol–water partition coefficient (Wildman–Crippen LogP) is 3.26. The summed E-state index contributed by atoms with van der Waals surface area (Å²) in [6.07, 6.45) is 0. The van der Waals surface area contributed by atoms with Gasteiger partial charge < -0.3 is 0 Å². The number of halogens is 1. The molecule has 5 heteroatoms. The largest absolute Gasteiger partial charge is 0.243 e. The van der Waals surface area contributed by atoms with Crippen LogP contribution < -0.4 is 0 Å². The standard InChI is InChI=1S/C12H18BrNO2S/c1-9(2)14(10(3)4)17(15,16)12-7-5-6-11(13)8-12/h5-10H,1-4H3. The second-order valence-electron chi connectivity index (χ2n) is 4.48. The van der Waals surface area contributed by atoms with Crippen LogP contribution in [-0.2, 0) is 10.0 Å². The van der Waals surface area contributed by atoms with Crippen LogP contribution in [0.3, 0.4) is 0 Å². The van der Waals surface area contributed by atoms with Crippen molar-refractivity contribution in [3.8, 4) is 0 Å². The molecule has 0 atom stereocenters. The van der Waals surface area contributed by atoms with Gasteiger partial charge in [-0.15, -0.1) is 0 Å². The fourth-order valence-electron chi connectivity index (χ4n) is 1.90. The van der Waals surface area contributed by atoms with Gasteiger partial charge in [0, 0.05) is 16.6 Å². The van der Waals surface area contributed by atoms with Gasteiger partial charge in [-0.05, 0) is 45.9 Å². The van der Waals surface area contributed by atoms with E-state index in [2.05, 4.69) is 15.9 Å². The lowest BCUT2D eigenvalue weighted by molar-refractivity contribution is 0.302. The minimum absolute atomic E-state index is 0.0565. The number of sulfonamides is 1. The zero-order chi connectivity index (χ0) is 13.2. The van der Waals surface area contributed by atoms with Crippen LogP contribution >= 0.6 is 15.9 Å². The van der Waals surface area contributed by atoms with Crippen molar-refractivity contribution in [2.24, 2.45) is 0 Å². The number of rotatable bonds is 4. The highest BCUT2D eigenvalue weighted by atomic mass is 79.9. The molecular formula is C12H18BrNO2S. The molecule has 1 aromatic carbocycles. The van der Waals surface area contributed by atoms with Gasteiger partial charge in [0.2, 0.25) is 10.0 Å². The fraction of sp³-hybridized carbons (Fsp3) is 0.500. The minimum atomic E-state index is -3.42. The SMILES string of the molecule is CC(C)N(C(C)C)S(=O)(=O)c1cccc(Br)c1. The molecule has 0 saturated carbocycles. The average molecular weight is 320 g/mol. The third kappa shape index (κ3) is 3.30. The van der Waals surface area contributed by atoms with E-state index < -0.39 is 10.0 Å². The maximum atomic E-state index is 12.5. The zero-order valence-electron chi connectivity index (χ0n) is 10.5. The van der Waals surface area contributed by atoms with Crippen molar-refractivity contribution in [1.82, 2.24) is 4.31 Å². The number of hydrogen-bond acceptors (Lipinski definition) is 2. The first-order valence-electron chi connectivity index (χ1n) is 5.56. The van der Waals surface area contributed by atoms with Crippen LogP contribution in [-0.4, -0.2) is 24.8 Å². The van der Waals surface area contributed by atoms with Crippen molar-refractivity contribution in [3.63, 3.8) is 0 Å². The normalized spacial score (nSPS) is 12.7. The van der Waals surface area contributed by atoms with Gasteiger partial charge >= 0.3 is 0 Å². The maximum absolute atomic E-state index is 12.5. The van der Waals surface area contributed by atoms with Crippen LogP contribution in [0.1, 0.15) is 27.7 Å². The van der Waals surface area contributed by atoms with Gasteiger partial charge in [-0.2, -0.15) is 4.31 Å². The van der Waals surface area contributed by atoms with Crippen LogP contribution in [0.4, 0.5) is 0 Å². The number of benzene rings is 1. The monoisotopic (exact) mass is 319 g/mol. The Kier molecular flexibility index (Phi) is 4.75. The van der Waals surface area contributed by atoms with Gasteiger partial charge in [0.25, 0.3) is 0 Å². The molecule has 0 fully saturated rings. The van der Waals surface area contributed by atoms with E-state index in [1.165, 1.54) is 4.31 Å². The third-order valence-corrected chi connectivity index (χ3v) is 5.13. The van der Waals surface area contributed by atoms with Gasteiger partial charge in [-0.1, -0.05) is 22.0 Å². The zero-order valence-corrected chi connectivity index (χ0v) is 12.9. The van der Waals surface area contributed by atoms with E-state index in [1.807, 2.05) is 33.8 Å². The molecule has 1 aromatic rings. The molecule has 0 aliphatic rings. The van der Waals surface area contributed by atoms with Gasteiger partial charge in [0.05, 0.1) is 4.90 Å². The third-order valence-electron chi connectivity index (χ3n) is 2.39. The van der Waals surface area contributed by atoms with Gasteiger partial charge in [0.15, 0.2) is 0 Å². The summed E-state index contributed by atoms with van der Waals surface area (Å²) >= 11 is 3.29. The molecule has 0 amide bonds. The van der Waals surface area contributed by atoms with Crippen molar-refractivity contribution >= 4 is 26.0 Å². The van der Waals surface area contributed by atoms with Crippen LogP contribution in [0.2, 0.25) is 0 Å². The second kappa shape index (κ2) is 5.50. The summed E-state index contributed by atoms with van der Waals surface area (Å²) in [5.74, 6) is 0. The first-order chi connectivity index (χ1) is 7.76. The highest BCUT2D eigenvalue weighted by molar-refractivity contribution is 9.10. The summed E-state index contributed by atoms with van der Waals surface area (Å²) in [5, 5.41) is 0. The fourth-order valence-corrected chi connectivity index (χ4v) is 4.33. The van der Waals surface area contributed by atoms with Crippen molar-refractivity contribution in [1.29, 1.82) is 0 Å². The van der Waals surface area contributed by atoms with Gasteiger partial charge in [-0.3, -0.25) is 0 Å². The van der Waals surface area contributed by atoms with Crippen molar-refractivity contribution < 1.29 is 8.42 Å². The topological polar surface area (TPSA) is 37.4 Å². The molecule has 0 aliphatic heterocycles. The Morgan fingerprint density at radius 2 is 1.65 bits per heavy atom. The first kappa shape index (κ1) is 14.7. The lowest BCUT2D eigenvalue weighted by atomic mass is 10.3. The van der Waals surface area contributed by atoms with Crippen LogP contribution in [0.25, 0.3) is 0 Å². The van der Waals surface area contributed by atoms with Crippen LogP contribution in [0.5, 0.6) is 0 Å². The van der Waals surface area contributed by atoms with Gasteiger partial charge in [-0.25, -0.2) is 8.42 Å². The summed E-state index contributed by atoms with van der Waals surface area (Å²) in [6.45, 7) is 7.54. The van der Waals surface area contributed by atoms with Crippen LogP contribution in [0.15, 0.2) is 33.6 Å². The molecule has 0 aromatic heterocycles. The lowest BCUT2D eigenvalue weighted by Crippen LogP contribution is -2.41. The minimum Gasteiger partial charge on any atom is -0.207 e. The van der Waals surface area contributed by atoms with E-state index in [4.69, 9.17) is 0 Å². The van der Waals surface area contributed by atoms with E-state index in [1.54, 1.807) is 18.2 Å². The molecule has 1 rings (SSSR count). The van der Waals surface area contributed by atoms with E-state index >= 15 is 0 Å². The highest BCUT2D eigenvalue weighted by Gasteiger charge is 2.29. The quantitative estimate of drug-likeness (QED) is 0.854. The first-order valence-corrected chi connectivity index (χ1v) is 7.79. The van der Waals surface area contributed by atoms with E-state index in [0.29, 0.717) is 4.90 Å². The highest BCUT2D eigenvalue weighted by Crippen LogP contribution is 2.23.